The predicted octanol–water partition coefficient (Wildman–Crippen LogP) is 4.04. The summed E-state index contributed by atoms with van der Waals surface area (Å²) in [6, 6.07) is 12.4. The number of pyridine rings is 1. The van der Waals surface area contributed by atoms with Crippen LogP contribution >= 0.6 is 15.9 Å². The van der Waals surface area contributed by atoms with Crippen LogP contribution in [-0.4, -0.2) is 40.8 Å². The number of rotatable bonds is 6. The van der Waals surface area contributed by atoms with Gasteiger partial charge in [0.25, 0.3) is 0 Å². The molecule has 0 spiro atoms. The van der Waals surface area contributed by atoms with E-state index < -0.39 is 0 Å². The lowest BCUT2D eigenvalue weighted by Crippen LogP contribution is -2.18. The van der Waals surface area contributed by atoms with E-state index in [0.29, 0.717) is 0 Å². The number of hydrogen-bond donors (Lipinski definition) is 0. The molecule has 0 radical (unpaired) electrons. The monoisotopic (exact) mass is 413 g/mol. The van der Waals surface area contributed by atoms with E-state index in [1.165, 1.54) is 11.1 Å². The van der Waals surface area contributed by atoms with Crippen molar-refractivity contribution in [2.75, 3.05) is 26.0 Å². The quantitative estimate of drug-likeness (QED) is 0.610. The van der Waals surface area contributed by atoms with Gasteiger partial charge in [0.15, 0.2) is 0 Å². The van der Waals surface area contributed by atoms with Crippen LogP contribution in [0.2, 0.25) is 0 Å². The number of aryl methyl sites for hydroxylation is 1. The number of aromatic nitrogens is 3. The maximum Gasteiger partial charge on any atom is 0.127 e. The zero-order valence-corrected chi connectivity index (χ0v) is 17.2. The number of halogens is 1. The second-order valence-electron chi connectivity index (χ2n) is 6.75. The lowest BCUT2D eigenvalue weighted by atomic mass is 10.2. The second kappa shape index (κ2) is 8.01. The largest absolute Gasteiger partial charge is 0.363 e. The Morgan fingerprint density at radius 3 is 2.35 bits per heavy atom. The van der Waals surface area contributed by atoms with E-state index in [1.54, 1.807) is 0 Å². The van der Waals surface area contributed by atoms with Gasteiger partial charge in [0.05, 0.1) is 11.4 Å². The predicted molar refractivity (Wildman–Crippen MR) is 110 cm³/mol. The summed E-state index contributed by atoms with van der Waals surface area (Å²) in [6.45, 7) is 3.76. The molecule has 0 bridgehead atoms. The smallest absolute Gasteiger partial charge is 0.127 e. The highest BCUT2D eigenvalue weighted by Crippen LogP contribution is 2.17. The van der Waals surface area contributed by atoms with E-state index in [9.17, 15) is 0 Å². The molecule has 0 saturated heterocycles. The van der Waals surface area contributed by atoms with Crippen molar-refractivity contribution in [1.82, 2.24) is 19.7 Å². The van der Waals surface area contributed by atoms with Crippen molar-refractivity contribution in [1.29, 1.82) is 0 Å². The van der Waals surface area contributed by atoms with Gasteiger partial charge < -0.3 is 4.90 Å². The molecule has 0 fully saturated rings. The van der Waals surface area contributed by atoms with Gasteiger partial charge in [-0.25, -0.2) is 9.67 Å². The minimum atomic E-state index is 0.845. The van der Waals surface area contributed by atoms with Gasteiger partial charge >= 0.3 is 0 Å². The van der Waals surface area contributed by atoms with Crippen molar-refractivity contribution in [3.05, 3.63) is 70.1 Å². The lowest BCUT2D eigenvalue weighted by molar-refractivity contribution is 0.318. The fraction of sp³-hybridized carbons (Fsp3) is 0.300. The third-order valence-corrected chi connectivity index (χ3v) is 4.78. The fourth-order valence-electron chi connectivity index (χ4n) is 2.81. The summed E-state index contributed by atoms with van der Waals surface area (Å²) in [5.74, 6) is 0.975. The number of benzene rings is 1. The minimum Gasteiger partial charge on any atom is -0.363 e. The van der Waals surface area contributed by atoms with Crippen molar-refractivity contribution < 1.29 is 0 Å². The molecule has 0 amide bonds. The molecular formula is C20H24BrN5. The molecule has 26 heavy (non-hydrogen) atoms. The number of nitrogens with zero attached hydrogens (tertiary/aromatic N) is 5. The second-order valence-corrected chi connectivity index (χ2v) is 7.67. The van der Waals surface area contributed by atoms with Crippen molar-refractivity contribution in [3.63, 3.8) is 0 Å². The molecule has 5 nitrogen and oxygen atoms in total. The summed E-state index contributed by atoms with van der Waals surface area (Å²) >= 11 is 3.47. The number of anilines is 1. The van der Waals surface area contributed by atoms with E-state index in [2.05, 4.69) is 75.3 Å². The Bertz CT molecular complexity index is 853. The van der Waals surface area contributed by atoms with Crippen LogP contribution in [0.4, 0.5) is 5.82 Å². The zero-order valence-electron chi connectivity index (χ0n) is 15.6. The highest BCUT2D eigenvalue weighted by molar-refractivity contribution is 9.10. The molecule has 0 aliphatic heterocycles. The van der Waals surface area contributed by atoms with Crippen LogP contribution in [0.15, 0.2) is 53.3 Å². The minimum absolute atomic E-state index is 0.845. The van der Waals surface area contributed by atoms with Gasteiger partial charge in [0.1, 0.15) is 5.82 Å². The first-order valence-electron chi connectivity index (χ1n) is 8.54. The van der Waals surface area contributed by atoms with Gasteiger partial charge in [-0.05, 0) is 49.9 Å². The zero-order chi connectivity index (χ0) is 18.7. The Morgan fingerprint density at radius 1 is 1.00 bits per heavy atom. The molecule has 0 aliphatic rings. The highest BCUT2D eigenvalue weighted by Gasteiger charge is 2.10. The molecular weight excluding hydrogens is 390 g/mol. The molecule has 2 heterocycles. The SMILES string of the molecule is Cc1nn(-c2ccc(Br)cc2)cc1CN(C)Cc1ccc(N(C)C)nc1. The highest BCUT2D eigenvalue weighted by atomic mass is 79.9. The van der Waals surface area contributed by atoms with E-state index >= 15 is 0 Å². The van der Waals surface area contributed by atoms with Crippen molar-refractivity contribution >= 4 is 21.7 Å². The molecule has 0 saturated carbocycles. The molecule has 0 atom stereocenters. The van der Waals surface area contributed by atoms with Crippen LogP contribution in [0.3, 0.4) is 0 Å². The molecule has 3 rings (SSSR count). The van der Waals surface area contributed by atoms with Crippen LogP contribution in [0.1, 0.15) is 16.8 Å². The lowest BCUT2D eigenvalue weighted by Gasteiger charge is -2.17. The Kier molecular flexibility index (Phi) is 5.74. The summed E-state index contributed by atoms with van der Waals surface area (Å²) in [4.78, 5) is 8.77. The van der Waals surface area contributed by atoms with E-state index in [0.717, 1.165) is 34.8 Å². The standard InChI is InChI=1S/C20H24BrN5/c1-15-17(14-26(23-15)19-8-6-18(21)7-9-19)13-25(4)12-16-5-10-20(22-11-16)24(2)3/h5-11,14H,12-13H2,1-4H3. The molecule has 0 unspecified atom stereocenters. The average molecular weight is 414 g/mol. The van der Waals surface area contributed by atoms with Gasteiger partial charge in [0.2, 0.25) is 0 Å². The third-order valence-electron chi connectivity index (χ3n) is 4.25. The average Bonchev–Trinajstić information content (AvgIpc) is 2.96. The van der Waals surface area contributed by atoms with Crippen molar-refractivity contribution in [2.45, 2.75) is 20.0 Å². The molecule has 6 heteroatoms. The van der Waals surface area contributed by atoms with Gasteiger partial charge in [-0.2, -0.15) is 5.10 Å². The van der Waals surface area contributed by atoms with Gasteiger partial charge in [0, 0.05) is 49.6 Å². The van der Waals surface area contributed by atoms with Crippen LogP contribution in [-0.2, 0) is 13.1 Å². The molecule has 0 aliphatic carbocycles. The van der Waals surface area contributed by atoms with Gasteiger partial charge in [-0.3, -0.25) is 4.90 Å². The molecule has 1 aromatic carbocycles. The molecule has 3 aromatic rings. The Labute approximate surface area is 163 Å². The summed E-state index contributed by atoms with van der Waals surface area (Å²) in [7, 11) is 6.12. The maximum absolute atomic E-state index is 4.66. The van der Waals surface area contributed by atoms with E-state index in [4.69, 9.17) is 0 Å². The summed E-state index contributed by atoms with van der Waals surface area (Å²) in [5.41, 5.74) is 4.55. The Morgan fingerprint density at radius 2 is 1.73 bits per heavy atom. The first kappa shape index (κ1) is 18.6. The Balaban J connectivity index is 1.67. The van der Waals surface area contributed by atoms with Gasteiger partial charge in [-0.1, -0.05) is 22.0 Å². The summed E-state index contributed by atoms with van der Waals surface area (Å²) < 4.78 is 3.01. The molecule has 0 N–H and O–H groups in total. The van der Waals surface area contributed by atoms with E-state index in [-0.39, 0.29) is 0 Å². The van der Waals surface area contributed by atoms with Crippen LogP contribution in [0.25, 0.3) is 5.69 Å². The van der Waals surface area contributed by atoms with Crippen LogP contribution < -0.4 is 4.90 Å². The first-order chi connectivity index (χ1) is 12.4. The molecule has 136 valence electrons. The van der Waals surface area contributed by atoms with Crippen LogP contribution in [0, 0.1) is 6.92 Å². The third kappa shape index (κ3) is 4.51. The summed E-state index contributed by atoms with van der Waals surface area (Å²) in [5, 5.41) is 4.66. The van der Waals surface area contributed by atoms with Crippen molar-refractivity contribution in [2.24, 2.45) is 0 Å². The number of hydrogen-bond acceptors (Lipinski definition) is 4. The fourth-order valence-corrected chi connectivity index (χ4v) is 3.07. The van der Waals surface area contributed by atoms with Crippen LogP contribution in [0.5, 0.6) is 0 Å². The van der Waals surface area contributed by atoms with Gasteiger partial charge in [-0.15, -0.1) is 0 Å². The normalized spacial score (nSPS) is 11.2. The van der Waals surface area contributed by atoms with E-state index in [1.807, 2.05) is 42.0 Å². The molecule has 2 aromatic heterocycles. The first-order valence-corrected chi connectivity index (χ1v) is 9.33. The topological polar surface area (TPSA) is 37.2 Å². The summed E-state index contributed by atoms with van der Waals surface area (Å²) in [6.07, 6.45) is 4.06. The van der Waals surface area contributed by atoms with Crippen molar-refractivity contribution in [3.8, 4) is 5.69 Å². The maximum atomic E-state index is 4.66. The Hall–Kier alpha value is -2.18.